The van der Waals surface area contributed by atoms with Crippen LogP contribution in [-0.2, 0) is 0 Å². The molecular formula is C13H21FN2O. The fourth-order valence-corrected chi connectivity index (χ4v) is 1.63. The van der Waals surface area contributed by atoms with Crippen LogP contribution in [-0.4, -0.2) is 30.3 Å². The Balaban J connectivity index is 2.70. The number of benzene rings is 1. The van der Waals surface area contributed by atoms with Crippen LogP contribution in [0.5, 0.6) is 0 Å². The lowest BCUT2D eigenvalue weighted by atomic mass is 10.0. The number of halogens is 1. The minimum Gasteiger partial charge on any atom is -0.389 e. The van der Waals surface area contributed by atoms with Gasteiger partial charge in [-0.15, -0.1) is 0 Å². The molecule has 1 rings (SSSR count). The highest BCUT2D eigenvalue weighted by atomic mass is 19.1. The molecule has 0 aliphatic rings. The van der Waals surface area contributed by atoms with Gasteiger partial charge in [0.05, 0.1) is 11.3 Å². The van der Waals surface area contributed by atoms with Crippen LogP contribution in [0.4, 0.5) is 10.1 Å². The number of nitrogens with two attached hydrogens (primary N) is 1. The van der Waals surface area contributed by atoms with Crippen molar-refractivity contribution in [2.24, 2.45) is 5.73 Å². The molecule has 0 aromatic heterocycles. The summed E-state index contributed by atoms with van der Waals surface area (Å²) in [7, 11) is 0. The van der Waals surface area contributed by atoms with Gasteiger partial charge in [-0.3, -0.25) is 0 Å². The molecule has 0 fully saturated rings. The molecule has 0 saturated heterocycles. The second kappa shape index (κ2) is 5.98. The number of para-hydroxylation sites is 1. The minimum atomic E-state index is -0.890. The average Bonchev–Trinajstić information content (AvgIpc) is 2.32. The van der Waals surface area contributed by atoms with Crippen molar-refractivity contribution in [3.63, 3.8) is 0 Å². The summed E-state index contributed by atoms with van der Waals surface area (Å²) in [6.07, 6.45) is 0.520. The molecule has 0 aliphatic carbocycles. The minimum absolute atomic E-state index is 0.210. The second-order valence-electron chi connectivity index (χ2n) is 4.48. The highest BCUT2D eigenvalue weighted by Crippen LogP contribution is 2.20. The lowest BCUT2D eigenvalue weighted by molar-refractivity contribution is 0.0620. The van der Waals surface area contributed by atoms with Crippen LogP contribution in [0.1, 0.15) is 20.3 Å². The fourth-order valence-electron chi connectivity index (χ4n) is 1.63. The van der Waals surface area contributed by atoms with Gasteiger partial charge in [-0.25, -0.2) is 4.39 Å². The summed E-state index contributed by atoms with van der Waals surface area (Å²) in [4.78, 5) is 1.90. The van der Waals surface area contributed by atoms with E-state index in [0.717, 1.165) is 0 Å². The summed E-state index contributed by atoms with van der Waals surface area (Å²) in [6, 6.07) is 6.67. The monoisotopic (exact) mass is 240 g/mol. The van der Waals surface area contributed by atoms with Crippen molar-refractivity contribution in [1.29, 1.82) is 0 Å². The summed E-state index contributed by atoms with van der Waals surface area (Å²) >= 11 is 0. The van der Waals surface area contributed by atoms with Gasteiger partial charge in [0, 0.05) is 19.6 Å². The van der Waals surface area contributed by atoms with Crippen LogP contribution in [0.15, 0.2) is 24.3 Å². The molecule has 3 nitrogen and oxygen atoms in total. The molecule has 1 aromatic rings. The number of anilines is 1. The van der Waals surface area contributed by atoms with Gasteiger partial charge in [-0.2, -0.15) is 0 Å². The Labute approximate surface area is 102 Å². The predicted octanol–water partition coefficient (Wildman–Crippen LogP) is 1.75. The molecule has 4 heteroatoms. The summed E-state index contributed by atoms with van der Waals surface area (Å²) in [5.41, 5.74) is 5.14. The first-order valence-electron chi connectivity index (χ1n) is 5.92. The lowest BCUT2D eigenvalue weighted by Crippen LogP contribution is -2.38. The van der Waals surface area contributed by atoms with E-state index in [9.17, 15) is 9.50 Å². The van der Waals surface area contributed by atoms with E-state index in [1.807, 2.05) is 17.9 Å². The van der Waals surface area contributed by atoms with Crippen LogP contribution in [0.25, 0.3) is 0 Å². The Bertz CT molecular complexity index is 355. The molecule has 0 heterocycles. The zero-order valence-electron chi connectivity index (χ0n) is 10.5. The standard InChI is InChI=1S/C13H21FN2O/c1-3-16(9-8-13(2,17)10-15)12-7-5-4-6-11(12)14/h4-7,17H,3,8-10,15H2,1-2H3. The van der Waals surface area contributed by atoms with E-state index in [1.54, 1.807) is 19.1 Å². The number of rotatable bonds is 6. The molecule has 0 bridgehead atoms. The SMILES string of the molecule is CCN(CCC(C)(O)CN)c1ccccc1F. The van der Waals surface area contributed by atoms with E-state index in [4.69, 9.17) is 5.73 Å². The fraction of sp³-hybridized carbons (Fsp3) is 0.538. The van der Waals surface area contributed by atoms with Crippen LogP contribution >= 0.6 is 0 Å². The molecule has 96 valence electrons. The highest BCUT2D eigenvalue weighted by molar-refractivity contribution is 5.47. The van der Waals surface area contributed by atoms with Crippen molar-refractivity contribution in [3.8, 4) is 0 Å². The maximum absolute atomic E-state index is 13.6. The van der Waals surface area contributed by atoms with Gasteiger partial charge in [0.1, 0.15) is 5.82 Å². The Morgan fingerprint density at radius 3 is 2.59 bits per heavy atom. The molecular weight excluding hydrogens is 219 g/mol. The third kappa shape index (κ3) is 3.98. The van der Waals surface area contributed by atoms with Gasteiger partial charge in [0.2, 0.25) is 0 Å². The topological polar surface area (TPSA) is 49.5 Å². The Kier molecular flexibility index (Phi) is 4.90. The maximum atomic E-state index is 13.6. The molecule has 0 aliphatic heterocycles. The maximum Gasteiger partial charge on any atom is 0.146 e. The zero-order valence-corrected chi connectivity index (χ0v) is 10.5. The first-order valence-corrected chi connectivity index (χ1v) is 5.92. The van der Waals surface area contributed by atoms with Gasteiger partial charge < -0.3 is 15.7 Å². The van der Waals surface area contributed by atoms with Crippen molar-refractivity contribution in [2.45, 2.75) is 25.9 Å². The van der Waals surface area contributed by atoms with Crippen LogP contribution < -0.4 is 10.6 Å². The van der Waals surface area contributed by atoms with Crippen LogP contribution in [0.2, 0.25) is 0 Å². The molecule has 3 N–H and O–H groups in total. The largest absolute Gasteiger partial charge is 0.389 e. The van der Waals surface area contributed by atoms with Crippen molar-refractivity contribution >= 4 is 5.69 Å². The van der Waals surface area contributed by atoms with Crippen molar-refractivity contribution < 1.29 is 9.50 Å². The van der Waals surface area contributed by atoms with E-state index in [0.29, 0.717) is 25.2 Å². The number of hydrogen-bond acceptors (Lipinski definition) is 3. The molecule has 1 atom stereocenters. The van der Waals surface area contributed by atoms with E-state index < -0.39 is 5.60 Å². The lowest BCUT2D eigenvalue weighted by Gasteiger charge is -2.28. The van der Waals surface area contributed by atoms with Gasteiger partial charge in [-0.05, 0) is 32.4 Å². The summed E-state index contributed by atoms with van der Waals surface area (Å²) in [5, 5.41) is 9.84. The second-order valence-corrected chi connectivity index (χ2v) is 4.48. The predicted molar refractivity (Wildman–Crippen MR) is 68.6 cm³/mol. The Hall–Kier alpha value is -1.13. The van der Waals surface area contributed by atoms with E-state index >= 15 is 0 Å². The highest BCUT2D eigenvalue weighted by Gasteiger charge is 2.19. The van der Waals surface area contributed by atoms with E-state index in [2.05, 4.69) is 0 Å². The molecule has 0 spiro atoms. The molecule has 1 unspecified atom stereocenters. The summed E-state index contributed by atoms with van der Waals surface area (Å²) in [5.74, 6) is -0.234. The van der Waals surface area contributed by atoms with Crippen molar-refractivity contribution in [2.75, 3.05) is 24.5 Å². The first kappa shape index (κ1) is 13.9. The molecule has 0 saturated carbocycles. The number of nitrogens with zero attached hydrogens (tertiary/aromatic N) is 1. The van der Waals surface area contributed by atoms with Crippen LogP contribution in [0, 0.1) is 5.82 Å². The molecule has 1 aromatic carbocycles. The number of aliphatic hydroxyl groups is 1. The normalized spacial score (nSPS) is 14.4. The van der Waals surface area contributed by atoms with Crippen LogP contribution in [0.3, 0.4) is 0 Å². The van der Waals surface area contributed by atoms with Crippen molar-refractivity contribution in [1.82, 2.24) is 0 Å². The smallest absolute Gasteiger partial charge is 0.146 e. The van der Waals surface area contributed by atoms with Gasteiger partial charge in [-0.1, -0.05) is 12.1 Å². The Morgan fingerprint density at radius 2 is 2.06 bits per heavy atom. The summed E-state index contributed by atoms with van der Waals surface area (Å²) in [6.45, 7) is 5.15. The van der Waals surface area contributed by atoms with Crippen molar-refractivity contribution in [3.05, 3.63) is 30.1 Å². The van der Waals surface area contributed by atoms with Gasteiger partial charge in [0.25, 0.3) is 0 Å². The first-order chi connectivity index (χ1) is 8.00. The number of hydrogen-bond donors (Lipinski definition) is 2. The molecule has 0 radical (unpaired) electrons. The van der Waals surface area contributed by atoms with Gasteiger partial charge in [0.15, 0.2) is 0 Å². The zero-order chi connectivity index (χ0) is 12.9. The van der Waals surface area contributed by atoms with E-state index in [1.165, 1.54) is 6.07 Å². The molecule has 0 amide bonds. The summed E-state index contributed by atoms with van der Waals surface area (Å²) < 4.78 is 13.6. The van der Waals surface area contributed by atoms with E-state index in [-0.39, 0.29) is 12.4 Å². The van der Waals surface area contributed by atoms with Gasteiger partial charge >= 0.3 is 0 Å². The molecule has 17 heavy (non-hydrogen) atoms. The Morgan fingerprint density at radius 1 is 1.41 bits per heavy atom. The third-order valence-corrected chi connectivity index (χ3v) is 2.93. The quantitative estimate of drug-likeness (QED) is 0.796. The average molecular weight is 240 g/mol. The third-order valence-electron chi connectivity index (χ3n) is 2.93.